The highest BCUT2D eigenvalue weighted by atomic mass is 35.5. The molecule has 2 aromatic rings. The number of nitrogens with zero attached hydrogens (tertiary/aromatic N) is 2. The van der Waals surface area contributed by atoms with Crippen molar-refractivity contribution in [1.29, 1.82) is 0 Å². The number of hydrogen-bond acceptors (Lipinski definition) is 4. The summed E-state index contributed by atoms with van der Waals surface area (Å²) in [6.07, 6.45) is 1.36. The molecule has 34 heavy (non-hydrogen) atoms. The van der Waals surface area contributed by atoms with E-state index in [0.717, 1.165) is 21.7 Å². The molecule has 0 fully saturated rings. The lowest BCUT2D eigenvalue weighted by Crippen LogP contribution is -2.53. The molecule has 0 aromatic heterocycles. The van der Waals surface area contributed by atoms with Gasteiger partial charge in [-0.05, 0) is 51.0 Å². The van der Waals surface area contributed by atoms with Crippen LogP contribution in [0.15, 0.2) is 42.5 Å². The van der Waals surface area contributed by atoms with E-state index in [9.17, 15) is 18.0 Å². The summed E-state index contributed by atoms with van der Waals surface area (Å²) >= 11 is 12.1. The second kappa shape index (κ2) is 11.9. The maximum absolute atomic E-state index is 13.6. The number of benzene rings is 2. The largest absolute Gasteiger partial charge is 0.352 e. The molecule has 2 amide bonds. The number of nitrogens with one attached hydrogen (secondary N) is 1. The molecule has 0 aliphatic heterocycles. The Balaban J connectivity index is 2.48. The Morgan fingerprint density at radius 2 is 1.68 bits per heavy atom. The number of anilines is 1. The molecular formula is C24H31Cl2N3O4S. The first kappa shape index (κ1) is 28.0. The van der Waals surface area contributed by atoms with Crippen LogP contribution in [-0.4, -0.2) is 50.0 Å². The smallest absolute Gasteiger partial charge is 0.244 e. The zero-order chi connectivity index (χ0) is 25.6. The molecule has 0 saturated carbocycles. The number of halogens is 2. The van der Waals surface area contributed by atoms with Crippen molar-refractivity contribution >= 4 is 50.7 Å². The Bertz CT molecular complexity index is 1120. The van der Waals surface area contributed by atoms with Crippen molar-refractivity contribution in [2.75, 3.05) is 17.1 Å². The van der Waals surface area contributed by atoms with Gasteiger partial charge in [0.1, 0.15) is 12.6 Å². The van der Waals surface area contributed by atoms with Gasteiger partial charge in [-0.15, -0.1) is 0 Å². The van der Waals surface area contributed by atoms with E-state index < -0.39 is 28.5 Å². The lowest BCUT2D eigenvalue weighted by Gasteiger charge is -2.33. The Hall–Kier alpha value is -2.29. The molecule has 2 rings (SSSR count). The maximum Gasteiger partial charge on any atom is 0.244 e. The third-order valence-electron chi connectivity index (χ3n) is 5.07. The second-order valence-corrected chi connectivity index (χ2v) is 11.3. The van der Waals surface area contributed by atoms with Crippen molar-refractivity contribution in [2.45, 2.75) is 52.7 Å². The molecule has 0 bridgehead atoms. The van der Waals surface area contributed by atoms with Gasteiger partial charge in [0.2, 0.25) is 21.8 Å². The highest BCUT2D eigenvalue weighted by Gasteiger charge is 2.32. The molecule has 0 aliphatic rings. The monoisotopic (exact) mass is 527 g/mol. The van der Waals surface area contributed by atoms with E-state index in [2.05, 4.69) is 5.32 Å². The normalized spacial score (nSPS) is 12.4. The van der Waals surface area contributed by atoms with Crippen LogP contribution in [0.5, 0.6) is 0 Å². The van der Waals surface area contributed by atoms with Crippen LogP contribution < -0.4 is 9.62 Å². The summed E-state index contributed by atoms with van der Waals surface area (Å²) < 4.78 is 26.2. The van der Waals surface area contributed by atoms with Gasteiger partial charge in [0.25, 0.3) is 0 Å². The minimum Gasteiger partial charge on any atom is -0.352 e. The maximum atomic E-state index is 13.6. The van der Waals surface area contributed by atoms with Gasteiger partial charge < -0.3 is 10.2 Å². The van der Waals surface area contributed by atoms with E-state index in [1.165, 1.54) is 23.1 Å². The van der Waals surface area contributed by atoms with Crippen LogP contribution in [0.1, 0.15) is 38.3 Å². The molecule has 0 aliphatic carbocycles. The van der Waals surface area contributed by atoms with Crippen LogP contribution in [0.25, 0.3) is 0 Å². The summed E-state index contributed by atoms with van der Waals surface area (Å²) in [4.78, 5) is 28.0. The average Bonchev–Trinajstić information content (AvgIpc) is 2.69. The highest BCUT2D eigenvalue weighted by Crippen LogP contribution is 2.27. The molecule has 0 radical (unpaired) electrons. The first-order valence-electron chi connectivity index (χ1n) is 10.9. The quantitative estimate of drug-likeness (QED) is 0.495. The molecule has 1 N–H and O–H groups in total. The van der Waals surface area contributed by atoms with Crippen molar-refractivity contribution in [1.82, 2.24) is 10.2 Å². The van der Waals surface area contributed by atoms with Gasteiger partial charge in [-0.25, -0.2) is 8.42 Å². The Morgan fingerprint density at radius 3 is 2.18 bits per heavy atom. The van der Waals surface area contributed by atoms with Gasteiger partial charge in [0.05, 0.1) is 11.9 Å². The molecule has 1 atom stereocenters. The number of carbonyl (C=O) groups excluding carboxylic acids is 2. The van der Waals surface area contributed by atoms with Crippen LogP contribution in [0, 0.1) is 6.92 Å². The standard InChI is InChI=1S/C24H31Cl2N3O4S/c1-6-22(24(31)27-16(2)3)28(14-18-9-7-8-17(4)10-18)23(30)15-29(34(5,32)33)21-12-19(25)11-20(26)13-21/h7-13,16,22H,6,14-15H2,1-5H3,(H,27,31)/t22-/m1/s1. The molecular weight excluding hydrogens is 497 g/mol. The third-order valence-corrected chi connectivity index (χ3v) is 6.64. The van der Waals surface area contributed by atoms with Crippen LogP contribution >= 0.6 is 23.2 Å². The minimum atomic E-state index is -3.86. The predicted octanol–water partition coefficient (Wildman–Crippen LogP) is 4.40. The lowest BCUT2D eigenvalue weighted by atomic mass is 10.1. The number of sulfonamides is 1. The summed E-state index contributed by atoms with van der Waals surface area (Å²) in [5.74, 6) is -0.816. The number of hydrogen-bond donors (Lipinski definition) is 1. The second-order valence-electron chi connectivity index (χ2n) is 8.50. The van der Waals surface area contributed by atoms with Crippen LogP contribution in [-0.2, 0) is 26.2 Å². The molecule has 7 nitrogen and oxygen atoms in total. The first-order valence-corrected chi connectivity index (χ1v) is 13.5. The van der Waals surface area contributed by atoms with E-state index in [1.54, 1.807) is 0 Å². The van der Waals surface area contributed by atoms with Crippen LogP contribution in [0.3, 0.4) is 0 Å². The van der Waals surface area contributed by atoms with Crippen molar-refractivity contribution in [3.63, 3.8) is 0 Å². The van der Waals surface area contributed by atoms with E-state index in [0.29, 0.717) is 6.42 Å². The highest BCUT2D eigenvalue weighted by molar-refractivity contribution is 7.92. The Kier molecular flexibility index (Phi) is 9.79. The number of rotatable bonds is 10. The molecule has 0 unspecified atom stereocenters. The first-order chi connectivity index (χ1) is 15.8. The number of carbonyl (C=O) groups is 2. The van der Waals surface area contributed by atoms with Crippen molar-refractivity contribution in [3.8, 4) is 0 Å². The van der Waals surface area contributed by atoms with Gasteiger partial charge in [0, 0.05) is 22.6 Å². The molecule has 186 valence electrons. The van der Waals surface area contributed by atoms with E-state index >= 15 is 0 Å². The summed E-state index contributed by atoms with van der Waals surface area (Å²) in [6, 6.07) is 11.0. The van der Waals surface area contributed by atoms with Gasteiger partial charge in [-0.3, -0.25) is 13.9 Å². The molecule has 2 aromatic carbocycles. The average molecular weight is 529 g/mol. The number of amides is 2. The fraction of sp³-hybridized carbons (Fsp3) is 0.417. The zero-order valence-corrected chi connectivity index (χ0v) is 22.3. The van der Waals surface area contributed by atoms with Gasteiger partial charge in [-0.2, -0.15) is 0 Å². The number of aryl methyl sites for hydroxylation is 1. The summed E-state index contributed by atoms with van der Waals surface area (Å²) in [7, 11) is -3.86. The van der Waals surface area contributed by atoms with E-state index in [-0.39, 0.29) is 34.2 Å². The van der Waals surface area contributed by atoms with Gasteiger partial charge in [0.15, 0.2) is 0 Å². The molecule has 10 heteroatoms. The Morgan fingerprint density at radius 1 is 1.06 bits per heavy atom. The fourth-order valence-corrected chi connectivity index (χ4v) is 4.95. The topological polar surface area (TPSA) is 86.8 Å². The van der Waals surface area contributed by atoms with Crippen LogP contribution in [0.2, 0.25) is 10.0 Å². The lowest BCUT2D eigenvalue weighted by molar-refractivity contribution is -0.140. The van der Waals surface area contributed by atoms with Crippen LogP contribution in [0.4, 0.5) is 5.69 Å². The molecule has 0 spiro atoms. The Labute approximate surface area is 212 Å². The fourth-order valence-electron chi connectivity index (χ4n) is 3.60. The van der Waals surface area contributed by atoms with E-state index in [4.69, 9.17) is 23.2 Å². The third kappa shape index (κ3) is 7.89. The van der Waals surface area contributed by atoms with Crippen molar-refractivity contribution in [3.05, 3.63) is 63.6 Å². The SMILES string of the molecule is CC[C@H](C(=O)NC(C)C)N(Cc1cccc(C)c1)C(=O)CN(c1cc(Cl)cc(Cl)c1)S(C)(=O)=O. The minimum absolute atomic E-state index is 0.112. The van der Waals surface area contributed by atoms with Gasteiger partial charge >= 0.3 is 0 Å². The molecule has 0 heterocycles. The predicted molar refractivity (Wildman–Crippen MR) is 138 cm³/mol. The molecule has 0 saturated heterocycles. The summed E-state index contributed by atoms with van der Waals surface area (Å²) in [6.45, 7) is 7.07. The van der Waals surface area contributed by atoms with E-state index in [1.807, 2.05) is 52.0 Å². The zero-order valence-electron chi connectivity index (χ0n) is 20.0. The summed E-state index contributed by atoms with van der Waals surface area (Å²) in [5.41, 5.74) is 2.01. The van der Waals surface area contributed by atoms with Crippen molar-refractivity contribution < 1.29 is 18.0 Å². The summed E-state index contributed by atoms with van der Waals surface area (Å²) in [5, 5.41) is 3.33. The van der Waals surface area contributed by atoms with Gasteiger partial charge in [-0.1, -0.05) is 60.0 Å². The van der Waals surface area contributed by atoms with Crippen molar-refractivity contribution in [2.24, 2.45) is 0 Å².